The van der Waals surface area contributed by atoms with Gasteiger partial charge in [0, 0.05) is 31.5 Å². The van der Waals surface area contributed by atoms with Gasteiger partial charge in [0.2, 0.25) is 0 Å². The highest BCUT2D eigenvalue weighted by Crippen LogP contribution is 2.12. The molecule has 3 aromatic rings. The maximum atomic E-state index is 13.5. The summed E-state index contributed by atoms with van der Waals surface area (Å²) in [5, 5.41) is 5.48. The van der Waals surface area contributed by atoms with E-state index in [1.165, 1.54) is 12.4 Å². The predicted molar refractivity (Wildman–Crippen MR) is 91.1 cm³/mol. The molecular formula is C17H16F2N6O. The zero-order chi connectivity index (χ0) is 18.5. The molecule has 0 aliphatic rings. The van der Waals surface area contributed by atoms with Crippen LogP contribution in [0.1, 0.15) is 16.2 Å². The average molecular weight is 358 g/mol. The number of nitrogens with one attached hydrogen (secondary N) is 2. The third-order valence-electron chi connectivity index (χ3n) is 3.63. The smallest absolute Gasteiger partial charge is 0.257 e. The van der Waals surface area contributed by atoms with Crippen LogP contribution < -0.4 is 10.6 Å². The van der Waals surface area contributed by atoms with Gasteiger partial charge in [-0.1, -0.05) is 6.07 Å². The van der Waals surface area contributed by atoms with Crippen LogP contribution in [-0.4, -0.2) is 38.5 Å². The van der Waals surface area contributed by atoms with Crippen molar-refractivity contribution < 1.29 is 13.6 Å². The van der Waals surface area contributed by atoms with Gasteiger partial charge in [0.05, 0.1) is 0 Å². The van der Waals surface area contributed by atoms with Gasteiger partial charge in [-0.2, -0.15) is 0 Å². The molecule has 0 radical (unpaired) electrons. The molecular weight excluding hydrogens is 342 g/mol. The standard InChI is InChI=1S/C17H16F2N6O/c1-11-20-7-8-25(11)15-9-14(23-10-24-15)21-5-6-22-17(26)16-12(18)3-2-4-13(16)19/h2-4,7-10H,5-6H2,1H3,(H,22,26)(H,21,23,24). The molecule has 2 heterocycles. The first-order chi connectivity index (χ1) is 12.6. The van der Waals surface area contributed by atoms with Gasteiger partial charge in [0.15, 0.2) is 0 Å². The summed E-state index contributed by atoms with van der Waals surface area (Å²) in [6.07, 6.45) is 4.86. The van der Waals surface area contributed by atoms with Crippen LogP contribution in [0.5, 0.6) is 0 Å². The van der Waals surface area contributed by atoms with E-state index in [0.717, 1.165) is 18.0 Å². The molecule has 3 rings (SSSR count). The van der Waals surface area contributed by atoms with Crippen molar-refractivity contribution in [1.29, 1.82) is 0 Å². The van der Waals surface area contributed by atoms with Crippen LogP contribution in [0, 0.1) is 18.6 Å². The van der Waals surface area contributed by atoms with Crippen molar-refractivity contribution in [2.45, 2.75) is 6.92 Å². The van der Waals surface area contributed by atoms with Crippen LogP contribution in [0.4, 0.5) is 14.6 Å². The highest BCUT2D eigenvalue weighted by Gasteiger charge is 2.16. The first kappa shape index (κ1) is 17.5. The molecule has 26 heavy (non-hydrogen) atoms. The number of carbonyl (C=O) groups is 1. The minimum atomic E-state index is -0.897. The summed E-state index contributed by atoms with van der Waals surface area (Å²) in [4.78, 5) is 24.3. The predicted octanol–water partition coefficient (Wildman–Crippen LogP) is 2.09. The molecule has 0 aliphatic heterocycles. The van der Waals surface area contributed by atoms with E-state index >= 15 is 0 Å². The van der Waals surface area contributed by atoms with Crippen molar-refractivity contribution in [1.82, 2.24) is 24.8 Å². The molecule has 1 aromatic carbocycles. The van der Waals surface area contributed by atoms with E-state index in [2.05, 4.69) is 25.6 Å². The number of benzene rings is 1. The van der Waals surface area contributed by atoms with E-state index in [-0.39, 0.29) is 6.54 Å². The summed E-state index contributed by atoms with van der Waals surface area (Å²) in [6.45, 7) is 2.34. The fraction of sp³-hybridized carbons (Fsp3) is 0.176. The van der Waals surface area contributed by atoms with E-state index < -0.39 is 23.1 Å². The van der Waals surface area contributed by atoms with Crippen molar-refractivity contribution in [3.05, 3.63) is 66.0 Å². The van der Waals surface area contributed by atoms with E-state index in [9.17, 15) is 13.6 Å². The van der Waals surface area contributed by atoms with E-state index in [1.807, 2.05) is 6.92 Å². The SMILES string of the molecule is Cc1nccn1-c1cc(NCCNC(=O)c2c(F)cccc2F)ncn1. The van der Waals surface area contributed by atoms with Crippen LogP contribution in [-0.2, 0) is 0 Å². The van der Waals surface area contributed by atoms with Gasteiger partial charge >= 0.3 is 0 Å². The molecule has 7 nitrogen and oxygen atoms in total. The minimum absolute atomic E-state index is 0.163. The van der Waals surface area contributed by atoms with Crippen molar-refractivity contribution in [2.75, 3.05) is 18.4 Å². The number of aromatic nitrogens is 4. The van der Waals surface area contributed by atoms with Crippen LogP contribution in [0.3, 0.4) is 0 Å². The lowest BCUT2D eigenvalue weighted by atomic mass is 10.2. The van der Waals surface area contributed by atoms with Gasteiger partial charge < -0.3 is 10.6 Å². The molecule has 134 valence electrons. The summed E-state index contributed by atoms with van der Waals surface area (Å²) >= 11 is 0. The molecule has 0 aliphatic carbocycles. The second-order valence-corrected chi connectivity index (χ2v) is 5.39. The van der Waals surface area contributed by atoms with Crippen molar-refractivity contribution in [2.24, 2.45) is 0 Å². The fourth-order valence-electron chi connectivity index (χ4n) is 2.37. The third-order valence-corrected chi connectivity index (χ3v) is 3.63. The Labute approximate surface area is 148 Å². The van der Waals surface area contributed by atoms with Gasteiger partial charge in [-0.15, -0.1) is 0 Å². The number of carbonyl (C=O) groups excluding carboxylic acids is 1. The van der Waals surface area contributed by atoms with Crippen molar-refractivity contribution in [3.63, 3.8) is 0 Å². The lowest BCUT2D eigenvalue weighted by Gasteiger charge is -2.10. The van der Waals surface area contributed by atoms with Gasteiger partial charge in [0.25, 0.3) is 5.91 Å². The molecule has 0 fully saturated rings. The Hall–Kier alpha value is -3.36. The average Bonchev–Trinajstić information content (AvgIpc) is 3.05. The topological polar surface area (TPSA) is 84.7 Å². The number of anilines is 1. The summed E-state index contributed by atoms with van der Waals surface area (Å²) in [5.41, 5.74) is -0.590. The van der Waals surface area contributed by atoms with Gasteiger partial charge in [-0.3, -0.25) is 9.36 Å². The maximum absolute atomic E-state index is 13.5. The van der Waals surface area contributed by atoms with Crippen LogP contribution >= 0.6 is 0 Å². The molecule has 1 amide bonds. The van der Waals surface area contributed by atoms with Gasteiger partial charge in [-0.05, 0) is 19.1 Å². The number of hydrogen-bond acceptors (Lipinski definition) is 5. The molecule has 9 heteroatoms. The first-order valence-electron chi connectivity index (χ1n) is 7.84. The lowest BCUT2D eigenvalue weighted by Crippen LogP contribution is -2.30. The Balaban J connectivity index is 1.56. The van der Waals surface area contributed by atoms with Crippen LogP contribution in [0.15, 0.2) is 43.0 Å². The molecule has 0 saturated heterocycles. The molecule has 0 saturated carbocycles. The minimum Gasteiger partial charge on any atom is -0.368 e. The largest absolute Gasteiger partial charge is 0.368 e. The monoisotopic (exact) mass is 358 g/mol. The van der Waals surface area contributed by atoms with E-state index in [1.54, 1.807) is 23.0 Å². The molecule has 0 bridgehead atoms. The van der Waals surface area contributed by atoms with Crippen molar-refractivity contribution >= 4 is 11.7 Å². The Morgan fingerprint density at radius 3 is 2.62 bits per heavy atom. The van der Waals surface area contributed by atoms with E-state index in [4.69, 9.17) is 0 Å². The molecule has 2 N–H and O–H groups in total. The normalized spacial score (nSPS) is 10.6. The zero-order valence-corrected chi connectivity index (χ0v) is 13.9. The molecule has 0 unspecified atom stereocenters. The van der Waals surface area contributed by atoms with Crippen molar-refractivity contribution in [3.8, 4) is 5.82 Å². The number of rotatable bonds is 6. The number of hydrogen-bond donors (Lipinski definition) is 2. The first-order valence-corrected chi connectivity index (χ1v) is 7.84. The molecule has 0 atom stereocenters. The second-order valence-electron chi connectivity index (χ2n) is 5.39. The Kier molecular flexibility index (Phi) is 5.16. The fourth-order valence-corrected chi connectivity index (χ4v) is 2.37. The van der Waals surface area contributed by atoms with E-state index in [0.29, 0.717) is 18.2 Å². The third kappa shape index (κ3) is 3.82. The summed E-state index contributed by atoms with van der Waals surface area (Å²) in [5.74, 6) is -0.615. The van der Waals surface area contributed by atoms with Crippen LogP contribution in [0.25, 0.3) is 5.82 Å². The summed E-state index contributed by atoms with van der Waals surface area (Å²) in [7, 11) is 0. The Morgan fingerprint density at radius 2 is 1.92 bits per heavy atom. The Bertz CT molecular complexity index is 907. The lowest BCUT2D eigenvalue weighted by molar-refractivity contribution is 0.0946. The molecule has 2 aromatic heterocycles. The number of nitrogens with zero attached hydrogens (tertiary/aromatic N) is 4. The van der Waals surface area contributed by atoms with Crippen LogP contribution in [0.2, 0.25) is 0 Å². The van der Waals surface area contributed by atoms with Gasteiger partial charge in [0.1, 0.15) is 41.0 Å². The summed E-state index contributed by atoms with van der Waals surface area (Å²) in [6, 6.07) is 5.01. The number of amides is 1. The zero-order valence-electron chi connectivity index (χ0n) is 13.9. The number of imidazole rings is 1. The number of halogens is 2. The number of aryl methyl sites for hydroxylation is 1. The quantitative estimate of drug-likeness (QED) is 0.659. The highest BCUT2D eigenvalue weighted by molar-refractivity contribution is 5.94. The second kappa shape index (κ2) is 7.68. The van der Waals surface area contributed by atoms with Gasteiger partial charge in [-0.25, -0.2) is 23.7 Å². The Morgan fingerprint density at radius 1 is 1.15 bits per heavy atom. The summed E-state index contributed by atoms with van der Waals surface area (Å²) < 4.78 is 28.9. The highest BCUT2D eigenvalue weighted by atomic mass is 19.1. The maximum Gasteiger partial charge on any atom is 0.257 e. The molecule has 0 spiro atoms.